The number of rotatable bonds is 14. The lowest BCUT2D eigenvalue weighted by Crippen LogP contribution is -2.06. The summed E-state index contributed by atoms with van der Waals surface area (Å²) in [4.78, 5) is 12.0. The van der Waals surface area contributed by atoms with Gasteiger partial charge in [-0.2, -0.15) is 0 Å². The second kappa shape index (κ2) is 14.0. The standard InChI is InChI=1S/C20H32O4P/c1-3-4-5-6-7-9-16-24-20(21)19-14-12-18(13-15-19)11-8-10-17-25(22)23-2/h12-15H,3-11,16-17H2,1-2H3/q+1. The summed E-state index contributed by atoms with van der Waals surface area (Å²) in [6.07, 6.45) is 10.5. The first-order valence-electron chi connectivity index (χ1n) is 9.42. The smallest absolute Gasteiger partial charge is 0.462 e. The average Bonchev–Trinajstić information content (AvgIpc) is 2.64. The van der Waals surface area contributed by atoms with Crippen molar-refractivity contribution in [2.24, 2.45) is 0 Å². The monoisotopic (exact) mass is 367 g/mol. The minimum Gasteiger partial charge on any atom is -0.462 e. The van der Waals surface area contributed by atoms with Crippen molar-refractivity contribution >= 4 is 14.0 Å². The molecule has 1 rings (SSSR count). The molecule has 0 saturated heterocycles. The van der Waals surface area contributed by atoms with Crippen LogP contribution in [0.15, 0.2) is 24.3 Å². The van der Waals surface area contributed by atoms with Gasteiger partial charge in [0.1, 0.15) is 0 Å². The molecule has 0 amide bonds. The molecule has 0 radical (unpaired) electrons. The molecular weight excluding hydrogens is 335 g/mol. The summed E-state index contributed by atoms with van der Waals surface area (Å²) in [6, 6.07) is 7.60. The van der Waals surface area contributed by atoms with Gasteiger partial charge in [-0.05, 0) is 47.9 Å². The number of benzene rings is 1. The van der Waals surface area contributed by atoms with Gasteiger partial charge in [0.15, 0.2) is 6.16 Å². The Morgan fingerprint density at radius 3 is 2.32 bits per heavy atom. The van der Waals surface area contributed by atoms with E-state index in [9.17, 15) is 9.36 Å². The van der Waals surface area contributed by atoms with Gasteiger partial charge in [0, 0.05) is 0 Å². The molecule has 0 aromatic heterocycles. The summed E-state index contributed by atoms with van der Waals surface area (Å²) in [7, 11) is -0.0211. The number of aryl methyl sites for hydroxylation is 1. The van der Waals surface area contributed by atoms with Crippen LogP contribution in [0.3, 0.4) is 0 Å². The van der Waals surface area contributed by atoms with E-state index >= 15 is 0 Å². The Labute approximate surface area is 153 Å². The maximum Gasteiger partial charge on any atom is 0.507 e. The highest BCUT2D eigenvalue weighted by molar-refractivity contribution is 7.39. The zero-order chi connectivity index (χ0) is 18.3. The minimum atomic E-state index is -1.50. The van der Waals surface area contributed by atoms with Gasteiger partial charge in [-0.1, -0.05) is 51.2 Å². The summed E-state index contributed by atoms with van der Waals surface area (Å²) in [6.45, 7) is 2.71. The molecule has 25 heavy (non-hydrogen) atoms. The number of hydrogen-bond acceptors (Lipinski definition) is 4. The quantitative estimate of drug-likeness (QED) is 0.233. The Balaban J connectivity index is 2.19. The minimum absolute atomic E-state index is 0.239. The highest BCUT2D eigenvalue weighted by Gasteiger charge is 2.13. The Bertz CT molecular complexity index is 499. The Morgan fingerprint density at radius 1 is 0.960 bits per heavy atom. The summed E-state index contributed by atoms with van der Waals surface area (Å²) < 4.78 is 21.3. The second-order valence-electron chi connectivity index (χ2n) is 6.30. The van der Waals surface area contributed by atoms with E-state index in [1.165, 1.54) is 38.4 Å². The Morgan fingerprint density at radius 2 is 1.64 bits per heavy atom. The first kappa shape index (κ1) is 21.8. The van der Waals surface area contributed by atoms with Crippen LogP contribution >= 0.6 is 8.03 Å². The van der Waals surface area contributed by atoms with Crippen molar-refractivity contribution < 1.29 is 18.6 Å². The van der Waals surface area contributed by atoms with E-state index < -0.39 is 8.03 Å². The van der Waals surface area contributed by atoms with Gasteiger partial charge in [0.2, 0.25) is 0 Å². The predicted octanol–water partition coefficient (Wildman–Crippen LogP) is 5.92. The molecule has 140 valence electrons. The Kier molecular flexibility index (Phi) is 12.2. The lowest BCUT2D eigenvalue weighted by molar-refractivity contribution is 0.0497. The topological polar surface area (TPSA) is 52.6 Å². The van der Waals surface area contributed by atoms with Crippen molar-refractivity contribution in [3.63, 3.8) is 0 Å². The summed E-state index contributed by atoms with van der Waals surface area (Å²) in [5, 5.41) is 0. The maximum absolute atomic E-state index is 12.0. The number of unbranched alkanes of at least 4 members (excludes halogenated alkanes) is 6. The van der Waals surface area contributed by atoms with Gasteiger partial charge < -0.3 is 4.74 Å². The molecule has 0 saturated carbocycles. The van der Waals surface area contributed by atoms with Crippen LogP contribution < -0.4 is 0 Å². The van der Waals surface area contributed by atoms with Crippen molar-refractivity contribution in [2.45, 2.75) is 64.7 Å². The number of carbonyl (C=O) groups excluding carboxylic acids is 1. The maximum atomic E-state index is 12.0. The normalized spacial score (nSPS) is 11.4. The van der Waals surface area contributed by atoms with Crippen LogP contribution in [0, 0.1) is 0 Å². The molecule has 1 aromatic carbocycles. The molecule has 0 N–H and O–H groups in total. The molecule has 1 aromatic rings. The third-order valence-corrected chi connectivity index (χ3v) is 5.27. The lowest BCUT2D eigenvalue weighted by atomic mass is 10.1. The van der Waals surface area contributed by atoms with Crippen LogP contribution in [-0.2, 0) is 20.2 Å². The fraction of sp³-hybridized carbons (Fsp3) is 0.650. The fourth-order valence-corrected chi connectivity index (χ4v) is 3.26. The second-order valence-corrected chi connectivity index (χ2v) is 7.77. The van der Waals surface area contributed by atoms with Crippen LogP contribution in [0.2, 0.25) is 0 Å². The van der Waals surface area contributed by atoms with Crippen molar-refractivity contribution in [1.29, 1.82) is 0 Å². The zero-order valence-corrected chi connectivity index (χ0v) is 16.6. The number of hydrogen-bond donors (Lipinski definition) is 0. The van der Waals surface area contributed by atoms with Crippen LogP contribution in [0.4, 0.5) is 0 Å². The van der Waals surface area contributed by atoms with Crippen molar-refractivity contribution in [2.75, 3.05) is 19.9 Å². The third kappa shape index (κ3) is 10.4. The number of carbonyl (C=O) groups is 1. The fourth-order valence-electron chi connectivity index (χ4n) is 2.60. The molecule has 1 atom stereocenters. The van der Waals surface area contributed by atoms with E-state index in [2.05, 4.69) is 6.92 Å². The first-order chi connectivity index (χ1) is 12.2. The molecule has 0 spiro atoms. The third-order valence-electron chi connectivity index (χ3n) is 4.18. The molecular formula is C20H32O4P+. The van der Waals surface area contributed by atoms with Crippen LogP contribution in [0.25, 0.3) is 0 Å². The van der Waals surface area contributed by atoms with Crippen LogP contribution in [0.5, 0.6) is 0 Å². The molecule has 1 unspecified atom stereocenters. The van der Waals surface area contributed by atoms with Crippen molar-refractivity contribution in [3.05, 3.63) is 35.4 Å². The van der Waals surface area contributed by atoms with Crippen molar-refractivity contribution in [3.8, 4) is 0 Å². The van der Waals surface area contributed by atoms with E-state index in [1.807, 2.05) is 24.3 Å². The summed E-state index contributed by atoms with van der Waals surface area (Å²) in [5.41, 5.74) is 1.79. The van der Waals surface area contributed by atoms with E-state index in [4.69, 9.17) is 9.26 Å². The molecule has 4 nitrogen and oxygen atoms in total. The van der Waals surface area contributed by atoms with Crippen molar-refractivity contribution in [1.82, 2.24) is 0 Å². The zero-order valence-electron chi connectivity index (χ0n) is 15.7. The highest BCUT2D eigenvalue weighted by Crippen LogP contribution is 2.22. The summed E-state index contributed by atoms with van der Waals surface area (Å²) >= 11 is 0. The molecule has 0 aliphatic heterocycles. The van der Waals surface area contributed by atoms with Crippen LogP contribution in [-0.4, -0.2) is 25.8 Å². The summed E-state index contributed by atoms with van der Waals surface area (Å²) in [5.74, 6) is -0.239. The van der Waals surface area contributed by atoms with Crippen LogP contribution in [0.1, 0.15) is 74.2 Å². The lowest BCUT2D eigenvalue weighted by Gasteiger charge is -2.06. The first-order valence-corrected chi connectivity index (χ1v) is 10.8. The van der Waals surface area contributed by atoms with Gasteiger partial charge in [-0.3, -0.25) is 0 Å². The van der Waals surface area contributed by atoms with Gasteiger partial charge in [0.25, 0.3) is 0 Å². The van der Waals surface area contributed by atoms with E-state index in [0.717, 1.165) is 32.1 Å². The number of ether oxygens (including phenoxy) is 1. The van der Waals surface area contributed by atoms with E-state index in [0.29, 0.717) is 18.3 Å². The molecule has 0 heterocycles. The Hall–Kier alpha value is -1.25. The highest BCUT2D eigenvalue weighted by atomic mass is 31.1. The van der Waals surface area contributed by atoms with Gasteiger partial charge in [-0.15, -0.1) is 4.52 Å². The molecule has 0 aliphatic rings. The predicted molar refractivity (Wildman–Crippen MR) is 103 cm³/mol. The average molecular weight is 367 g/mol. The SMILES string of the molecule is CCCCCCCCOC(=O)c1ccc(CCCC[P+](=O)OC)cc1. The molecule has 5 heteroatoms. The van der Waals surface area contributed by atoms with Gasteiger partial charge in [0.05, 0.1) is 19.3 Å². The molecule has 0 aliphatic carbocycles. The number of esters is 1. The van der Waals surface area contributed by atoms with E-state index in [-0.39, 0.29) is 5.97 Å². The van der Waals surface area contributed by atoms with Gasteiger partial charge >= 0.3 is 14.0 Å². The van der Waals surface area contributed by atoms with E-state index in [1.54, 1.807) is 0 Å². The van der Waals surface area contributed by atoms with Gasteiger partial charge in [-0.25, -0.2) is 4.79 Å². The molecule has 0 bridgehead atoms. The molecule has 0 fully saturated rings. The largest absolute Gasteiger partial charge is 0.507 e.